The highest BCUT2D eigenvalue weighted by atomic mass is 16.1. The van der Waals surface area contributed by atoms with Crippen molar-refractivity contribution in [2.75, 3.05) is 0 Å². The Morgan fingerprint density at radius 1 is 1.11 bits per heavy atom. The molecule has 0 spiro atoms. The molecule has 0 aliphatic heterocycles. The molecule has 4 nitrogen and oxygen atoms in total. The number of nitrogens with zero attached hydrogens (tertiary/aromatic N) is 2. The van der Waals surface area contributed by atoms with Crippen LogP contribution in [0.3, 0.4) is 0 Å². The van der Waals surface area contributed by atoms with E-state index >= 15 is 0 Å². The second-order valence-electron chi connectivity index (χ2n) is 6.06. The van der Waals surface area contributed by atoms with Crippen molar-refractivity contribution >= 4 is 0 Å². The highest BCUT2D eigenvalue weighted by Crippen LogP contribution is 2.29. The van der Waals surface area contributed by atoms with Crippen LogP contribution < -0.4 is 10.9 Å². The summed E-state index contributed by atoms with van der Waals surface area (Å²) in [6.45, 7) is 1.94. The summed E-state index contributed by atoms with van der Waals surface area (Å²) in [6.07, 6.45) is 8.56. The fraction of sp³-hybridized carbons (Fsp3) is 0.733. The van der Waals surface area contributed by atoms with E-state index in [1.807, 2.05) is 6.92 Å². The summed E-state index contributed by atoms with van der Waals surface area (Å²) in [5.74, 6) is 0. The Bertz CT molecular complexity index is 484. The fourth-order valence-corrected chi connectivity index (χ4v) is 3.18. The molecule has 0 saturated heterocycles. The van der Waals surface area contributed by atoms with Gasteiger partial charge in [-0.05, 0) is 51.5 Å². The second kappa shape index (κ2) is 5.45. The molecule has 2 saturated carbocycles. The van der Waals surface area contributed by atoms with Crippen LogP contribution in [0.15, 0.2) is 16.9 Å². The maximum absolute atomic E-state index is 11.9. The quantitative estimate of drug-likeness (QED) is 0.907. The first-order valence-electron chi connectivity index (χ1n) is 7.55. The Labute approximate surface area is 114 Å². The van der Waals surface area contributed by atoms with Crippen molar-refractivity contribution in [3.63, 3.8) is 0 Å². The van der Waals surface area contributed by atoms with Crippen LogP contribution in [0.4, 0.5) is 0 Å². The molecule has 0 bridgehead atoms. The van der Waals surface area contributed by atoms with Gasteiger partial charge in [-0.2, -0.15) is 5.10 Å². The van der Waals surface area contributed by atoms with E-state index in [-0.39, 0.29) is 5.56 Å². The lowest BCUT2D eigenvalue weighted by molar-refractivity contribution is 0.225. The minimum absolute atomic E-state index is 0.0426. The molecule has 19 heavy (non-hydrogen) atoms. The Morgan fingerprint density at radius 2 is 1.79 bits per heavy atom. The van der Waals surface area contributed by atoms with Crippen molar-refractivity contribution in [1.82, 2.24) is 15.1 Å². The molecule has 0 radical (unpaired) electrons. The molecule has 1 aromatic rings. The van der Waals surface area contributed by atoms with Crippen molar-refractivity contribution in [3.8, 4) is 0 Å². The van der Waals surface area contributed by atoms with E-state index in [0.29, 0.717) is 12.1 Å². The van der Waals surface area contributed by atoms with Crippen LogP contribution in [0.2, 0.25) is 0 Å². The van der Waals surface area contributed by atoms with Crippen LogP contribution in [-0.4, -0.2) is 21.9 Å². The Morgan fingerprint density at radius 3 is 2.42 bits per heavy atom. The minimum atomic E-state index is 0.0426. The molecular formula is C15H23N3O. The van der Waals surface area contributed by atoms with Gasteiger partial charge in [-0.25, -0.2) is 4.68 Å². The monoisotopic (exact) mass is 261 g/mol. The third kappa shape index (κ3) is 2.89. The van der Waals surface area contributed by atoms with Crippen molar-refractivity contribution in [1.29, 1.82) is 0 Å². The van der Waals surface area contributed by atoms with Gasteiger partial charge in [-0.15, -0.1) is 0 Å². The van der Waals surface area contributed by atoms with Crippen LogP contribution in [0, 0.1) is 6.92 Å². The first kappa shape index (κ1) is 12.9. The molecule has 0 aromatic carbocycles. The molecule has 2 aliphatic carbocycles. The molecule has 4 heteroatoms. The van der Waals surface area contributed by atoms with Crippen LogP contribution in [0.1, 0.15) is 56.7 Å². The van der Waals surface area contributed by atoms with Crippen LogP contribution >= 0.6 is 0 Å². The summed E-state index contributed by atoms with van der Waals surface area (Å²) in [5.41, 5.74) is 0.968. The Kier molecular flexibility index (Phi) is 3.69. The predicted octanol–water partition coefficient (Wildman–Crippen LogP) is 2.18. The summed E-state index contributed by atoms with van der Waals surface area (Å²) in [5, 5.41) is 8.14. The van der Waals surface area contributed by atoms with Gasteiger partial charge in [0.25, 0.3) is 5.56 Å². The average molecular weight is 261 g/mol. The van der Waals surface area contributed by atoms with Gasteiger partial charge in [0.1, 0.15) is 0 Å². The van der Waals surface area contributed by atoms with Crippen molar-refractivity contribution in [2.24, 2.45) is 0 Å². The summed E-state index contributed by atoms with van der Waals surface area (Å²) >= 11 is 0. The summed E-state index contributed by atoms with van der Waals surface area (Å²) < 4.78 is 1.70. The molecule has 0 amide bonds. The van der Waals surface area contributed by atoms with E-state index in [1.165, 1.54) is 32.1 Å². The van der Waals surface area contributed by atoms with Gasteiger partial charge < -0.3 is 5.32 Å². The summed E-state index contributed by atoms with van der Waals surface area (Å²) in [6, 6.07) is 5.15. The Hall–Kier alpha value is -1.16. The number of hydrogen-bond donors (Lipinski definition) is 1. The molecule has 104 valence electrons. The second-order valence-corrected chi connectivity index (χ2v) is 6.06. The van der Waals surface area contributed by atoms with Gasteiger partial charge in [0.15, 0.2) is 0 Å². The van der Waals surface area contributed by atoms with Gasteiger partial charge in [-0.1, -0.05) is 6.42 Å². The maximum Gasteiger partial charge on any atom is 0.267 e. The topological polar surface area (TPSA) is 46.9 Å². The molecule has 3 rings (SSSR count). The van der Waals surface area contributed by atoms with Gasteiger partial charge in [-0.3, -0.25) is 4.79 Å². The number of aromatic nitrogens is 2. The van der Waals surface area contributed by atoms with E-state index in [9.17, 15) is 4.79 Å². The van der Waals surface area contributed by atoms with Gasteiger partial charge in [0.05, 0.1) is 11.7 Å². The minimum Gasteiger partial charge on any atom is -0.311 e. The van der Waals surface area contributed by atoms with Gasteiger partial charge in [0.2, 0.25) is 0 Å². The smallest absolute Gasteiger partial charge is 0.267 e. The molecule has 0 unspecified atom stereocenters. The summed E-state index contributed by atoms with van der Waals surface area (Å²) in [4.78, 5) is 11.9. The van der Waals surface area contributed by atoms with Crippen molar-refractivity contribution in [2.45, 2.75) is 70.0 Å². The highest BCUT2D eigenvalue weighted by Gasteiger charge is 2.27. The molecule has 0 atom stereocenters. The highest BCUT2D eigenvalue weighted by molar-refractivity contribution is 4.98. The Balaban J connectivity index is 1.59. The van der Waals surface area contributed by atoms with Crippen LogP contribution in [0.25, 0.3) is 0 Å². The first-order valence-corrected chi connectivity index (χ1v) is 7.55. The standard InChI is InChI=1S/C15H23N3O/c1-11-5-10-15(19)18(17-11)14-8-6-13(7-9-14)16-12-3-2-4-12/h5,10,12-14,16H,2-4,6-9H2,1H3. The van der Waals surface area contributed by atoms with E-state index in [0.717, 1.165) is 24.6 Å². The molecule has 1 aromatic heterocycles. The lowest BCUT2D eigenvalue weighted by atomic mass is 9.87. The number of rotatable bonds is 3. The molecule has 1 N–H and O–H groups in total. The van der Waals surface area contributed by atoms with Crippen LogP contribution in [0.5, 0.6) is 0 Å². The van der Waals surface area contributed by atoms with E-state index in [4.69, 9.17) is 0 Å². The maximum atomic E-state index is 11.9. The SMILES string of the molecule is Cc1ccc(=O)n(C2CCC(NC3CCC3)CC2)n1. The third-order valence-corrected chi connectivity index (χ3v) is 4.58. The van der Waals surface area contributed by atoms with E-state index in [1.54, 1.807) is 16.8 Å². The zero-order valence-corrected chi connectivity index (χ0v) is 11.6. The molecule has 1 heterocycles. The zero-order chi connectivity index (χ0) is 13.2. The fourth-order valence-electron chi connectivity index (χ4n) is 3.18. The zero-order valence-electron chi connectivity index (χ0n) is 11.6. The number of aryl methyl sites for hydroxylation is 1. The van der Waals surface area contributed by atoms with Crippen molar-refractivity contribution < 1.29 is 0 Å². The number of hydrogen-bond acceptors (Lipinski definition) is 3. The van der Waals surface area contributed by atoms with E-state index < -0.39 is 0 Å². The normalized spacial score (nSPS) is 28.1. The average Bonchev–Trinajstić information content (AvgIpc) is 2.38. The van der Waals surface area contributed by atoms with E-state index in [2.05, 4.69) is 10.4 Å². The molecule has 2 aliphatic rings. The van der Waals surface area contributed by atoms with Gasteiger partial charge >= 0.3 is 0 Å². The van der Waals surface area contributed by atoms with Crippen LogP contribution in [-0.2, 0) is 0 Å². The molecule has 2 fully saturated rings. The largest absolute Gasteiger partial charge is 0.311 e. The lowest BCUT2D eigenvalue weighted by Gasteiger charge is -2.35. The third-order valence-electron chi connectivity index (χ3n) is 4.58. The first-order chi connectivity index (χ1) is 9.22. The lowest BCUT2D eigenvalue weighted by Crippen LogP contribution is -2.44. The van der Waals surface area contributed by atoms with Crippen molar-refractivity contribution in [3.05, 3.63) is 28.2 Å². The van der Waals surface area contributed by atoms with Gasteiger partial charge in [0, 0.05) is 18.2 Å². The molecular weight excluding hydrogens is 238 g/mol. The number of nitrogens with one attached hydrogen (secondary N) is 1. The summed E-state index contributed by atoms with van der Waals surface area (Å²) in [7, 11) is 0. The predicted molar refractivity (Wildman–Crippen MR) is 75.3 cm³/mol.